The normalized spacial score (nSPS) is 12.4. The van der Waals surface area contributed by atoms with Crippen LogP contribution in [0.1, 0.15) is 13.3 Å². The second-order valence-electron chi connectivity index (χ2n) is 4.38. The average molecular weight is 330 g/mol. The predicted octanol–water partition coefficient (Wildman–Crippen LogP) is 1.25. The van der Waals surface area contributed by atoms with Crippen LogP contribution < -0.4 is 10.6 Å². The molecule has 0 saturated heterocycles. The molecule has 0 radical (unpaired) electrons. The molecule has 0 saturated carbocycles. The lowest BCUT2D eigenvalue weighted by molar-refractivity contribution is -0.139. The lowest BCUT2D eigenvalue weighted by Crippen LogP contribution is -2.43. The number of thiocarbonyl (C=S) groups is 1. The molecule has 1 unspecified atom stereocenters. The molecule has 0 aromatic heterocycles. The summed E-state index contributed by atoms with van der Waals surface area (Å²) in [5, 5.41) is 14.7. The highest BCUT2D eigenvalue weighted by atomic mass is 32.2. The van der Waals surface area contributed by atoms with Gasteiger partial charge in [-0.3, -0.25) is 0 Å². The van der Waals surface area contributed by atoms with Gasteiger partial charge < -0.3 is 15.7 Å². The van der Waals surface area contributed by atoms with Crippen molar-refractivity contribution < 1.29 is 18.3 Å². The molecule has 1 atom stereocenters. The fourth-order valence-corrected chi connectivity index (χ4v) is 2.69. The zero-order chi connectivity index (χ0) is 15.9. The number of rotatable bonds is 7. The molecule has 1 rings (SSSR count). The molecule has 0 amide bonds. The summed E-state index contributed by atoms with van der Waals surface area (Å²) in [6, 6.07) is 7.99. The van der Waals surface area contributed by atoms with Gasteiger partial charge in [-0.25, -0.2) is 13.2 Å². The van der Waals surface area contributed by atoms with Crippen LogP contribution in [0.2, 0.25) is 0 Å². The Morgan fingerprint density at radius 2 is 1.95 bits per heavy atom. The Morgan fingerprint density at radius 1 is 1.33 bits per heavy atom. The van der Waals surface area contributed by atoms with Crippen LogP contribution in [0.3, 0.4) is 0 Å². The number of para-hydroxylation sites is 1. The average Bonchev–Trinajstić information content (AvgIpc) is 2.44. The molecule has 1 aromatic rings. The summed E-state index contributed by atoms with van der Waals surface area (Å²) in [5.74, 6) is -1.34. The third kappa shape index (κ3) is 6.54. The summed E-state index contributed by atoms with van der Waals surface area (Å²) in [7, 11) is -3.21. The maximum absolute atomic E-state index is 11.4. The third-order valence-corrected chi connectivity index (χ3v) is 4.75. The predicted molar refractivity (Wildman–Crippen MR) is 86.2 cm³/mol. The smallest absolute Gasteiger partial charge is 0.326 e. The molecular weight excluding hydrogens is 312 g/mol. The van der Waals surface area contributed by atoms with Crippen LogP contribution in [-0.4, -0.2) is 42.2 Å². The van der Waals surface area contributed by atoms with Crippen molar-refractivity contribution in [1.82, 2.24) is 5.32 Å². The topological polar surface area (TPSA) is 95.5 Å². The Bertz CT molecular complexity index is 587. The summed E-state index contributed by atoms with van der Waals surface area (Å²) in [4.78, 5) is 11.1. The largest absolute Gasteiger partial charge is 0.480 e. The number of aliphatic carboxylic acids is 1. The van der Waals surface area contributed by atoms with E-state index in [1.807, 2.05) is 18.2 Å². The van der Waals surface area contributed by atoms with Gasteiger partial charge in [-0.1, -0.05) is 25.1 Å². The summed E-state index contributed by atoms with van der Waals surface area (Å²) in [6.07, 6.45) is -0.0396. The van der Waals surface area contributed by atoms with E-state index >= 15 is 0 Å². The molecule has 8 heteroatoms. The highest BCUT2D eigenvalue weighted by Crippen LogP contribution is 2.05. The first-order valence-corrected chi connectivity index (χ1v) is 8.63. The van der Waals surface area contributed by atoms with Gasteiger partial charge in [0.15, 0.2) is 5.11 Å². The van der Waals surface area contributed by atoms with Gasteiger partial charge in [0.1, 0.15) is 15.9 Å². The first kappa shape index (κ1) is 17.4. The standard InChI is InChI=1S/C13H18N2O4S2/c1-2-21(18,19)9-8-11(12(16)17)15-13(20)14-10-6-4-3-5-7-10/h3-7,11H,2,8-9H2,1H3,(H,16,17)(H2,14,15,20). The van der Waals surface area contributed by atoms with Gasteiger partial charge in [0.2, 0.25) is 0 Å². The molecule has 21 heavy (non-hydrogen) atoms. The van der Waals surface area contributed by atoms with Crippen LogP contribution in [0.15, 0.2) is 30.3 Å². The minimum absolute atomic E-state index is 0.00789. The van der Waals surface area contributed by atoms with E-state index in [4.69, 9.17) is 17.3 Å². The van der Waals surface area contributed by atoms with E-state index in [1.54, 1.807) is 12.1 Å². The van der Waals surface area contributed by atoms with E-state index in [-0.39, 0.29) is 23.0 Å². The SMILES string of the molecule is CCS(=O)(=O)CCC(NC(=S)Nc1ccccc1)C(=O)O. The second-order valence-corrected chi connectivity index (χ2v) is 7.26. The third-order valence-electron chi connectivity index (χ3n) is 2.79. The maximum atomic E-state index is 11.4. The number of sulfone groups is 1. The van der Waals surface area contributed by atoms with Crippen LogP contribution in [0.25, 0.3) is 0 Å². The van der Waals surface area contributed by atoms with Crippen molar-refractivity contribution in [3.05, 3.63) is 30.3 Å². The number of carboxylic acid groups (broad SMARTS) is 1. The Labute approximate surface area is 129 Å². The number of hydrogen-bond acceptors (Lipinski definition) is 4. The quantitative estimate of drug-likeness (QED) is 0.648. The van der Waals surface area contributed by atoms with E-state index in [9.17, 15) is 13.2 Å². The Balaban J connectivity index is 2.58. The van der Waals surface area contributed by atoms with Crippen LogP contribution in [0.5, 0.6) is 0 Å². The molecule has 0 aliphatic heterocycles. The van der Waals surface area contributed by atoms with E-state index in [2.05, 4.69) is 10.6 Å². The number of hydrogen-bond donors (Lipinski definition) is 3. The number of carbonyl (C=O) groups is 1. The number of carboxylic acids is 1. The molecule has 0 heterocycles. The van der Waals surface area contributed by atoms with Crippen molar-refractivity contribution in [2.75, 3.05) is 16.8 Å². The summed E-state index contributed by atoms with van der Waals surface area (Å²) >= 11 is 5.03. The van der Waals surface area contributed by atoms with E-state index in [0.29, 0.717) is 0 Å². The minimum atomic E-state index is -3.21. The van der Waals surface area contributed by atoms with Gasteiger partial charge in [0, 0.05) is 11.4 Å². The summed E-state index contributed by atoms with van der Waals surface area (Å²) in [5.41, 5.74) is 0.723. The van der Waals surface area contributed by atoms with Crippen LogP contribution in [-0.2, 0) is 14.6 Å². The van der Waals surface area contributed by atoms with E-state index < -0.39 is 21.8 Å². The van der Waals surface area contributed by atoms with E-state index in [1.165, 1.54) is 6.92 Å². The lowest BCUT2D eigenvalue weighted by atomic mass is 10.2. The molecule has 0 aliphatic rings. The molecule has 0 aliphatic carbocycles. The van der Waals surface area contributed by atoms with Gasteiger partial charge in [-0.15, -0.1) is 0 Å². The van der Waals surface area contributed by atoms with Crippen molar-refractivity contribution in [1.29, 1.82) is 0 Å². The number of nitrogens with one attached hydrogen (secondary N) is 2. The molecule has 116 valence electrons. The maximum Gasteiger partial charge on any atom is 0.326 e. The van der Waals surface area contributed by atoms with Gasteiger partial charge in [0.25, 0.3) is 0 Å². The van der Waals surface area contributed by atoms with Crippen molar-refractivity contribution in [2.45, 2.75) is 19.4 Å². The molecule has 3 N–H and O–H groups in total. The van der Waals surface area contributed by atoms with Crippen molar-refractivity contribution >= 4 is 38.8 Å². The minimum Gasteiger partial charge on any atom is -0.480 e. The molecule has 0 spiro atoms. The molecule has 0 bridgehead atoms. The molecule has 6 nitrogen and oxygen atoms in total. The summed E-state index contributed by atoms with van der Waals surface area (Å²) < 4.78 is 22.9. The van der Waals surface area contributed by atoms with Gasteiger partial charge in [-0.05, 0) is 30.8 Å². The highest BCUT2D eigenvalue weighted by Gasteiger charge is 2.21. The molecule has 1 aromatic carbocycles. The van der Waals surface area contributed by atoms with Crippen molar-refractivity contribution in [3.8, 4) is 0 Å². The van der Waals surface area contributed by atoms with E-state index in [0.717, 1.165) is 5.69 Å². The zero-order valence-electron chi connectivity index (χ0n) is 11.6. The Kier molecular flexibility index (Phi) is 6.57. The zero-order valence-corrected chi connectivity index (χ0v) is 13.2. The van der Waals surface area contributed by atoms with Gasteiger partial charge in [-0.2, -0.15) is 0 Å². The van der Waals surface area contributed by atoms with Crippen molar-refractivity contribution in [3.63, 3.8) is 0 Å². The fourth-order valence-electron chi connectivity index (χ4n) is 1.55. The van der Waals surface area contributed by atoms with Gasteiger partial charge in [0.05, 0.1) is 5.75 Å². The van der Waals surface area contributed by atoms with Crippen LogP contribution >= 0.6 is 12.2 Å². The highest BCUT2D eigenvalue weighted by molar-refractivity contribution is 7.91. The number of anilines is 1. The monoisotopic (exact) mass is 330 g/mol. The lowest BCUT2D eigenvalue weighted by Gasteiger charge is -2.17. The van der Waals surface area contributed by atoms with Gasteiger partial charge >= 0.3 is 5.97 Å². The van der Waals surface area contributed by atoms with Crippen LogP contribution in [0, 0.1) is 0 Å². The number of benzene rings is 1. The fraction of sp³-hybridized carbons (Fsp3) is 0.385. The summed E-state index contributed by atoms with van der Waals surface area (Å²) in [6.45, 7) is 1.53. The molecular formula is C13H18N2O4S2. The first-order valence-electron chi connectivity index (χ1n) is 6.40. The first-order chi connectivity index (χ1) is 9.84. The Hall–Kier alpha value is -1.67. The Morgan fingerprint density at radius 3 is 2.48 bits per heavy atom. The molecule has 0 fully saturated rings. The van der Waals surface area contributed by atoms with Crippen molar-refractivity contribution in [2.24, 2.45) is 0 Å². The van der Waals surface area contributed by atoms with Crippen LogP contribution in [0.4, 0.5) is 5.69 Å². The second kappa shape index (κ2) is 7.94.